The Balaban J connectivity index is 2.73. The molecule has 1 aromatic rings. The number of nitrogens with zero attached hydrogens (tertiary/aromatic N) is 1. The van der Waals surface area contributed by atoms with Gasteiger partial charge in [0.2, 0.25) is 0 Å². The number of aliphatic imine (C=N–C) groups is 1. The Hall–Kier alpha value is -0.930. The number of guanidine groups is 1. The van der Waals surface area contributed by atoms with E-state index in [1.54, 1.807) is 18.2 Å². The van der Waals surface area contributed by atoms with E-state index in [0.717, 1.165) is 0 Å². The van der Waals surface area contributed by atoms with E-state index in [1.165, 1.54) is 0 Å². The van der Waals surface area contributed by atoms with E-state index in [2.05, 4.69) is 24.2 Å². The van der Waals surface area contributed by atoms with Crippen LogP contribution in [0.25, 0.3) is 0 Å². The van der Waals surface area contributed by atoms with Crippen LogP contribution in [0, 0.1) is 5.92 Å². The lowest BCUT2D eigenvalue weighted by Crippen LogP contribution is -2.23. The zero-order chi connectivity index (χ0) is 12.1. The Kier molecular flexibility index (Phi) is 4.90. The summed E-state index contributed by atoms with van der Waals surface area (Å²) in [5, 5.41) is 3.86. The molecule has 0 aliphatic rings. The van der Waals surface area contributed by atoms with Crippen molar-refractivity contribution in [3.8, 4) is 0 Å². The number of anilines is 1. The molecule has 0 aromatic heterocycles. The third-order valence-corrected chi connectivity index (χ3v) is 2.66. The lowest BCUT2D eigenvalue weighted by Gasteiger charge is -2.09. The van der Waals surface area contributed by atoms with Crippen molar-refractivity contribution in [2.24, 2.45) is 16.6 Å². The summed E-state index contributed by atoms with van der Waals surface area (Å²) in [7, 11) is 0. The van der Waals surface area contributed by atoms with Gasteiger partial charge in [-0.15, -0.1) is 0 Å². The predicted molar refractivity (Wildman–Crippen MR) is 71.4 cm³/mol. The topological polar surface area (TPSA) is 50.4 Å². The molecule has 0 unspecified atom stereocenters. The van der Waals surface area contributed by atoms with E-state index >= 15 is 0 Å². The van der Waals surface area contributed by atoms with Crippen LogP contribution in [-0.2, 0) is 0 Å². The van der Waals surface area contributed by atoms with E-state index in [0.29, 0.717) is 34.2 Å². The van der Waals surface area contributed by atoms with Crippen molar-refractivity contribution in [1.29, 1.82) is 0 Å². The number of halogens is 2. The summed E-state index contributed by atoms with van der Waals surface area (Å²) in [6, 6.07) is 5.31. The molecule has 16 heavy (non-hydrogen) atoms. The van der Waals surface area contributed by atoms with Crippen LogP contribution in [0.3, 0.4) is 0 Å². The van der Waals surface area contributed by atoms with Crippen LogP contribution in [0.4, 0.5) is 5.69 Å². The number of hydrogen-bond acceptors (Lipinski definition) is 1. The van der Waals surface area contributed by atoms with E-state index in [-0.39, 0.29) is 0 Å². The van der Waals surface area contributed by atoms with Gasteiger partial charge in [0.15, 0.2) is 5.96 Å². The van der Waals surface area contributed by atoms with Crippen LogP contribution in [0.15, 0.2) is 23.2 Å². The summed E-state index contributed by atoms with van der Waals surface area (Å²) in [5.74, 6) is 0.813. The largest absolute Gasteiger partial charge is 0.370 e. The lowest BCUT2D eigenvalue weighted by molar-refractivity contribution is 0.665. The molecule has 1 aromatic carbocycles. The van der Waals surface area contributed by atoms with Gasteiger partial charge < -0.3 is 11.1 Å². The van der Waals surface area contributed by atoms with Gasteiger partial charge in [-0.3, -0.25) is 4.99 Å². The molecule has 0 bridgehead atoms. The molecule has 1 rings (SSSR count). The van der Waals surface area contributed by atoms with Crippen LogP contribution < -0.4 is 11.1 Å². The minimum Gasteiger partial charge on any atom is -0.370 e. The van der Waals surface area contributed by atoms with Gasteiger partial charge in [0, 0.05) is 6.54 Å². The molecule has 3 nitrogen and oxygen atoms in total. The fourth-order valence-electron chi connectivity index (χ4n) is 1.06. The van der Waals surface area contributed by atoms with Crippen LogP contribution in [0.2, 0.25) is 10.0 Å². The highest BCUT2D eigenvalue weighted by molar-refractivity contribution is 6.43. The molecule has 0 heterocycles. The Morgan fingerprint density at radius 1 is 1.44 bits per heavy atom. The number of nitrogens with two attached hydrogens (primary N) is 1. The zero-order valence-corrected chi connectivity index (χ0v) is 10.8. The molecular weight excluding hydrogens is 245 g/mol. The molecule has 0 radical (unpaired) electrons. The molecule has 0 aliphatic heterocycles. The predicted octanol–water partition coefficient (Wildman–Crippen LogP) is 3.38. The summed E-state index contributed by atoms with van der Waals surface area (Å²) in [6.07, 6.45) is 0. The third-order valence-electron chi connectivity index (χ3n) is 1.84. The molecule has 0 saturated carbocycles. The standard InChI is InChI=1S/C11H15Cl2N3/c1-7(2)6-15-11(14)16-9-5-3-4-8(12)10(9)13/h3-5,7H,6H2,1-2H3,(H3,14,15,16). The van der Waals surface area contributed by atoms with Crippen molar-refractivity contribution in [2.45, 2.75) is 13.8 Å². The van der Waals surface area contributed by atoms with Gasteiger partial charge in [-0.05, 0) is 18.1 Å². The molecular formula is C11H15Cl2N3. The molecule has 0 saturated heterocycles. The fourth-order valence-corrected chi connectivity index (χ4v) is 1.41. The maximum absolute atomic E-state index is 6.00. The average Bonchev–Trinajstić information content (AvgIpc) is 2.22. The Morgan fingerprint density at radius 3 is 2.75 bits per heavy atom. The van der Waals surface area contributed by atoms with E-state index in [4.69, 9.17) is 28.9 Å². The van der Waals surface area contributed by atoms with Crippen LogP contribution >= 0.6 is 23.2 Å². The highest BCUT2D eigenvalue weighted by atomic mass is 35.5. The molecule has 0 atom stereocenters. The number of rotatable bonds is 3. The second kappa shape index (κ2) is 5.97. The highest BCUT2D eigenvalue weighted by Crippen LogP contribution is 2.29. The van der Waals surface area contributed by atoms with Crippen LogP contribution in [0.5, 0.6) is 0 Å². The maximum Gasteiger partial charge on any atom is 0.193 e. The SMILES string of the molecule is CC(C)CN=C(N)Nc1cccc(Cl)c1Cl. The van der Waals surface area contributed by atoms with Gasteiger partial charge in [0.05, 0.1) is 15.7 Å². The van der Waals surface area contributed by atoms with Crippen molar-refractivity contribution in [3.63, 3.8) is 0 Å². The van der Waals surface area contributed by atoms with Crippen LogP contribution in [-0.4, -0.2) is 12.5 Å². The molecule has 0 fully saturated rings. The normalized spacial score (nSPS) is 11.9. The van der Waals surface area contributed by atoms with Gasteiger partial charge in [0.25, 0.3) is 0 Å². The van der Waals surface area contributed by atoms with E-state index < -0.39 is 0 Å². The van der Waals surface area contributed by atoms with Crippen molar-refractivity contribution in [1.82, 2.24) is 0 Å². The summed E-state index contributed by atoms with van der Waals surface area (Å²) in [4.78, 5) is 4.17. The monoisotopic (exact) mass is 259 g/mol. The first kappa shape index (κ1) is 13.1. The second-order valence-electron chi connectivity index (χ2n) is 3.85. The Morgan fingerprint density at radius 2 is 2.12 bits per heavy atom. The smallest absolute Gasteiger partial charge is 0.193 e. The summed E-state index contributed by atoms with van der Waals surface area (Å²) in [6.45, 7) is 4.82. The van der Waals surface area contributed by atoms with Gasteiger partial charge in [-0.2, -0.15) is 0 Å². The summed E-state index contributed by atoms with van der Waals surface area (Å²) in [5.41, 5.74) is 6.38. The van der Waals surface area contributed by atoms with Gasteiger partial charge in [-0.25, -0.2) is 0 Å². The van der Waals surface area contributed by atoms with Gasteiger partial charge in [0.1, 0.15) is 0 Å². The van der Waals surface area contributed by atoms with Gasteiger partial charge >= 0.3 is 0 Å². The molecule has 0 amide bonds. The van der Waals surface area contributed by atoms with E-state index in [1.807, 2.05) is 0 Å². The highest BCUT2D eigenvalue weighted by Gasteiger charge is 2.04. The number of nitrogens with one attached hydrogen (secondary N) is 1. The first-order valence-electron chi connectivity index (χ1n) is 5.01. The van der Waals surface area contributed by atoms with Crippen molar-refractivity contribution in [2.75, 3.05) is 11.9 Å². The second-order valence-corrected chi connectivity index (χ2v) is 4.63. The fraction of sp³-hybridized carbons (Fsp3) is 0.364. The van der Waals surface area contributed by atoms with E-state index in [9.17, 15) is 0 Å². The maximum atomic E-state index is 6.00. The lowest BCUT2D eigenvalue weighted by atomic mass is 10.2. The summed E-state index contributed by atoms with van der Waals surface area (Å²) >= 11 is 11.9. The molecule has 0 spiro atoms. The zero-order valence-electron chi connectivity index (χ0n) is 9.30. The molecule has 5 heteroatoms. The third kappa shape index (κ3) is 3.91. The minimum absolute atomic E-state index is 0.345. The quantitative estimate of drug-likeness (QED) is 0.646. The molecule has 0 aliphatic carbocycles. The van der Waals surface area contributed by atoms with Gasteiger partial charge in [-0.1, -0.05) is 43.1 Å². The Bertz CT molecular complexity index is 389. The Labute approximate surface area is 106 Å². The van der Waals surface area contributed by atoms with Crippen LogP contribution in [0.1, 0.15) is 13.8 Å². The average molecular weight is 260 g/mol. The number of benzene rings is 1. The first-order valence-corrected chi connectivity index (χ1v) is 5.77. The molecule has 88 valence electrons. The first-order chi connectivity index (χ1) is 7.50. The van der Waals surface area contributed by atoms with Crippen molar-refractivity contribution in [3.05, 3.63) is 28.2 Å². The summed E-state index contributed by atoms with van der Waals surface area (Å²) < 4.78 is 0. The number of hydrogen-bond donors (Lipinski definition) is 2. The van der Waals surface area contributed by atoms with Crippen molar-refractivity contribution < 1.29 is 0 Å². The van der Waals surface area contributed by atoms with Crippen molar-refractivity contribution >= 4 is 34.8 Å². The molecule has 3 N–H and O–H groups in total. The minimum atomic E-state index is 0.345.